The first-order valence-electron chi connectivity index (χ1n) is 11.4. The van der Waals surface area contributed by atoms with Gasteiger partial charge in [0.2, 0.25) is 0 Å². The number of ether oxygens (including phenoxy) is 1. The maximum Gasteiger partial charge on any atom is 0.315 e. The Hall–Kier alpha value is -1.55. The zero-order valence-electron chi connectivity index (χ0n) is 16.9. The van der Waals surface area contributed by atoms with Gasteiger partial charge in [-0.15, -0.1) is 0 Å². The summed E-state index contributed by atoms with van der Waals surface area (Å²) in [5, 5.41) is 6.73. The highest BCUT2D eigenvalue weighted by molar-refractivity contribution is 5.75. The minimum absolute atomic E-state index is 0.0793. The molecule has 0 aliphatic heterocycles. The van der Waals surface area contributed by atoms with Gasteiger partial charge >= 0.3 is 6.03 Å². The summed E-state index contributed by atoms with van der Waals surface area (Å²) >= 11 is 0. The summed E-state index contributed by atoms with van der Waals surface area (Å²) in [6.45, 7) is 0.691. The number of urea groups is 1. The van der Waals surface area contributed by atoms with Gasteiger partial charge in [0.05, 0.1) is 12.7 Å². The molecule has 0 radical (unpaired) electrons. The van der Waals surface area contributed by atoms with Crippen molar-refractivity contribution in [2.75, 3.05) is 0 Å². The van der Waals surface area contributed by atoms with Crippen LogP contribution in [0.2, 0.25) is 0 Å². The molecular weight excluding hydrogens is 348 g/mol. The molecule has 152 valence electrons. The summed E-state index contributed by atoms with van der Waals surface area (Å²) in [5.74, 6) is 2.59. The Bertz CT molecular complexity index is 646. The first kappa shape index (κ1) is 18.5. The van der Waals surface area contributed by atoms with E-state index in [-0.39, 0.29) is 11.6 Å². The molecule has 0 spiro atoms. The largest absolute Gasteiger partial charge is 0.374 e. The van der Waals surface area contributed by atoms with Crippen molar-refractivity contribution in [1.29, 1.82) is 0 Å². The lowest BCUT2D eigenvalue weighted by Crippen LogP contribution is -2.62. The van der Waals surface area contributed by atoms with Gasteiger partial charge in [0, 0.05) is 11.6 Å². The maximum atomic E-state index is 12.7. The standard InChI is InChI=1S/C24H34N2O2/c27-23(26-24-13-18-10-19(14-24)12-20(11-18)15-24)25-21-6-8-22(9-7-21)28-16-17-4-2-1-3-5-17/h1-5,18-22H,6-16H2,(H2,25,26,27)/t18?,19?,20?,21-,22-,24?. The van der Waals surface area contributed by atoms with E-state index in [0.29, 0.717) is 18.8 Å². The molecule has 5 fully saturated rings. The van der Waals surface area contributed by atoms with Crippen molar-refractivity contribution < 1.29 is 9.53 Å². The molecule has 2 N–H and O–H groups in total. The van der Waals surface area contributed by atoms with Crippen LogP contribution in [0.1, 0.15) is 69.8 Å². The van der Waals surface area contributed by atoms with E-state index in [1.165, 1.54) is 44.1 Å². The number of hydrogen-bond acceptors (Lipinski definition) is 2. The van der Waals surface area contributed by atoms with E-state index in [0.717, 1.165) is 43.4 Å². The Morgan fingerprint density at radius 1 is 0.929 bits per heavy atom. The quantitative estimate of drug-likeness (QED) is 0.770. The van der Waals surface area contributed by atoms with E-state index >= 15 is 0 Å². The van der Waals surface area contributed by atoms with Gasteiger partial charge in [-0.2, -0.15) is 0 Å². The van der Waals surface area contributed by atoms with Crippen LogP contribution in [0.3, 0.4) is 0 Å². The molecule has 0 saturated heterocycles. The third-order valence-electron chi connectivity index (χ3n) is 7.75. The van der Waals surface area contributed by atoms with Crippen LogP contribution in [0.4, 0.5) is 4.79 Å². The second-order valence-electron chi connectivity index (χ2n) is 10.1. The summed E-state index contributed by atoms with van der Waals surface area (Å²) in [5.41, 5.74) is 1.34. The van der Waals surface area contributed by atoms with Crippen LogP contribution in [-0.2, 0) is 11.3 Å². The molecule has 0 heterocycles. The first-order valence-corrected chi connectivity index (χ1v) is 11.4. The van der Waals surface area contributed by atoms with Crippen molar-refractivity contribution in [2.45, 2.75) is 88.5 Å². The third-order valence-corrected chi connectivity index (χ3v) is 7.75. The van der Waals surface area contributed by atoms with Gasteiger partial charge in [-0.3, -0.25) is 0 Å². The minimum Gasteiger partial charge on any atom is -0.374 e. The lowest BCUT2D eigenvalue weighted by atomic mass is 9.53. The Kier molecular flexibility index (Phi) is 5.08. The number of carbonyl (C=O) groups is 1. The van der Waals surface area contributed by atoms with Crippen LogP contribution in [0.5, 0.6) is 0 Å². The summed E-state index contributed by atoms with van der Waals surface area (Å²) in [6.07, 6.45) is 12.3. The number of carbonyl (C=O) groups excluding carboxylic acids is 1. The number of rotatable bonds is 5. The van der Waals surface area contributed by atoms with E-state index in [2.05, 4.69) is 34.9 Å². The van der Waals surface area contributed by atoms with Crippen molar-refractivity contribution in [1.82, 2.24) is 10.6 Å². The Balaban J connectivity index is 1.06. The number of nitrogens with one attached hydrogen (secondary N) is 2. The molecule has 5 aliphatic rings. The van der Waals surface area contributed by atoms with Crippen LogP contribution in [0.25, 0.3) is 0 Å². The van der Waals surface area contributed by atoms with E-state index in [1.54, 1.807) is 0 Å². The van der Waals surface area contributed by atoms with Gasteiger partial charge < -0.3 is 15.4 Å². The highest BCUT2D eigenvalue weighted by atomic mass is 16.5. The molecule has 0 unspecified atom stereocenters. The summed E-state index contributed by atoms with van der Waals surface area (Å²) in [4.78, 5) is 12.7. The molecule has 4 nitrogen and oxygen atoms in total. The van der Waals surface area contributed by atoms with E-state index in [1.807, 2.05) is 6.07 Å². The molecule has 2 amide bonds. The Morgan fingerprint density at radius 3 is 2.14 bits per heavy atom. The molecule has 5 aliphatic carbocycles. The molecule has 6 rings (SSSR count). The molecule has 4 heteroatoms. The first-order chi connectivity index (χ1) is 13.7. The molecule has 1 aromatic rings. The topological polar surface area (TPSA) is 50.4 Å². The zero-order chi connectivity index (χ0) is 19.0. The Morgan fingerprint density at radius 2 is 1.54 bits per heavy atom. The number of hydrogen-bond donors (Lipinski definition) is 2. The number of amides is 2. The Labute approximate surface area is 168 Å². The average molecular weight is 383 g/mol. The predicted molar refractivity (Wildman–Crippen MR) is 110 cm³/mol. The lowest BCUT2D eigenvalue weighted by Gasteiger charge is -2.56. The van der Waals surface area contributed by atoms with Crippen LogP contribution in [0.15, 0.2) is 30.3 Å². The maximum absolute atomic E-state index is 12.7. The third kappa shape index (κ3) is 4.07. The zero-order valence-corrected chi connectivity index (χ0v) is 16.9. The number of benzene rings is 1. The normalized spacial score (nSPS) is 38.9. The highest BCUT2D eigenvalue weighted by Gasteiger charge is 2.51. The molecule has 0 atom stereocenters. The molecule has 28 heavy (non-hydrogen) atoms. The smallest absolute Gasteiger partial charge is 0.315 e. The molecule has 5 saturated carbocycles. The van der Waals surface area contributed by atoms with Gasteiger partial charge in [0.25, 0.3) is 0 Å². The highest BCUT2D eigenvalue weighted by Crippen LogP contribution is 2.55. The van der Waals surface area contributed by atoms with Gasteiger partial charge in [-0.1, -0.05) is 30.3 Å². The summed E-state index contributed by atoms with van der Waals surface area (Å²) in [7, 11) is 0. The monoisotopic (exact) mass is 382 g/mol. The van der Waals surface area contributed by atoms with Gasteiger partial charge in [0.1, 0.15) is 0 Å². The van der Waals surface area contributed by atoms with Crippen molar-refractivity contribution in [3.8, 4) is 0 Å². The van der Waals surface area contributed by atoms with Crippen LogP contribution in [0, 0.1) is 17.8 Å². The van der Waals surface area contributed by atoms with Crippen molar-refractivity contribution >= 4 is 6.03 Å². The van der Waals surface area contributed by atoms with E-state index in [4.69, 9.17) is 4.74 Å². The van der Waals surface area contributed by atoms with Gasteiger partial charge in [-0.05, 0) is 87.5 Å². The average Bonchev–Trinajstić information content (AvgIpc) is 2.67. The van der Waals surface area contributed by atoms with Crippen molar-refractivity contribution in [2.24, 2.45) is 17.8 Å². The van der Waals surface area contributed by atoms with E-state index < -0.39 is 0 Å². The second kappa shape index (κ2) is 7.70. The van der Waals surface area contributed by atoms with Gasteiger partial charge in [0.15, 0.2) is 0 Å². The SMILES string of the molecule is O=C(NC12CC3CC(CC(C3)C1)C2)N[C@H]1CC[C@H](OCc2ccccc2)CC1. The molecule has 4 bridgehead atoms. The molecular formula is C24H34N2O2. The van der Waals surface area contributed by atoms with Crippen LogP contribution < -0.4 is 10.6 Å². The minimum atomic E-state index is 0.0793. The summed E-state index contributed by atoms with van der Waals surface area (Å²) in [6, 6.07) is 10.8. The fourth-order valence-electron chi connectivity index (χ4n) is 6.89. The fourth-order valence-corrected chi connectivity index (χ4v) is 6.89. The van der Waals surface area contributed by atoms with Crippen LogP contribution in [-0.4, -0.2) is 23.7 Å². The van der Waals surface area contributed by atoms with Crippen molar-refractivity contribution in [3.05, 3.63) is 35.9 Å². The molecule has 1 aromatic carbocycles. The van der Waals surface area contributed by atoms with E-state index in [9.17, 15) is 4.79 Å². The summed E-state index contributed by atoms with van der Waals surface area (Å²) < 4.78 is 6.08. The predicted octanol–water partition coefficient (Wildman–Crippen LogP) is 4.78. The van der Waals surface area contributed by atoms with Gasteiger partial charge in [-0.25, -0.2) is 4.79 Å². The lowest BCUT2D eigenvalue weighted by molar-refractivity contribution is -0.0142. The molecule has 0 aromatic heterocycles. The van der Waals surface area contributed by atoms with Crippen molar-refractivity contribution in [3.63, 3.8) is 0 Å². The van der Waals surface area contributed by atoms with Crippen LogP contribution >= 0.6 is 0 Å². The second-order valence-corrected chi connectivity index (χ2v) is 10.1. The fraction of sp³-hybridized carbons (Fsp3) is 0.708.